The Labute approximate surface area is 116 Å². The fourth-order valence-corrected chi connectivity index (χ4v) is 2.09. The highest BCUT2D eigenvalue weighted by Gasteiger charge is 2.22. The molecule has 0 spiro atoms. The number of morpholine rings is 1. The van der Waals surface area contributed by atoms with Gasteiger partial charge in [0, 0.05) is 23.9 Å². The molecule has 0 aliphatic carbocycles. The van der Waals surface area contributed by atoms with Crippen LogP contribution in [0.3, 0.4) is 0 Å². The Bertz CT molecular complexity index is 539. The first kappa shape index (κ1) is 14.4. The molecule has 1 aliphatic rings. The van der Waals surface area contributed by atoms with Gasteiger partial charge in [-0.2, -0.15) is 0 Å². The summed E-state index contributed by atoms with van der Waals surface area (Å²) in [6.07, 6.45) is 0. The quantitative estimate of drug-likeness (QED) is 0.639. The normalized spacial score (nSPS) is 18.6. The monoisotopic (exact) mass is 279 g/mol. The van der Waals surface area contributed by atoms with Crippen LogP contribution in [-0.2, 0) is 9.53 Å². The van der Waals surface area contributed by atoms with Crippen LogP contribution in [-0.4, -0.2) is 36.6 Å². The third-order valence-electron chi connectivity index (χ3n) is 3.24. The van der Waals surface area contributed by atoms with Crippen molar-refractivity contribution in [3.05, 3.63) is 33.4 Å². The van der Waals surface area contributed by atoms with Crippen molar-refractivity contribution >= 4 is 17.3 Å². The van der Waals surface area contributed by atoms with E-state index in [1.807, 2.05) is 0 Å². The molecule has 0 bridgehead atoms. The summed E-state index contributed by atoms with van der Waals surface area (Å²) in [5.74, 6) is -0.193. The Balaban J connectivity index is 2.15. The summed E-state index contributed by atoms with van der Waals surface area (Å²) in [7, 11) is 0. The van der Waals surface area contributed by atoms with Crippen LogP contribution in [0.1, 0.15) is 11.1 Å². The fraction of sp³-hybridized carbons (Fsp3) is 0.462. The molecule has 7 heteroatoms. The third-order valence-corrected chi connectivity index (χ3v) is 3.24. The molecule has 20 heavy (non-hydrogen) atoms. The molecule has 1 unspecified atom stereocenters. The minimum absolute atomic E-state index is 0.0552. The van der Waals surface area contributed by atoms with E-state index < -0.39 is 11.0 Å². The number of rotatable bonds is 3. The summed E-state index contributed by atoms with van der Waals surface area (Å²) in [4.78, 5) is 22.5. The molecule has 108 valence electrons. The van der Waals surface area contributed by atoms with Crippen LogP contribution in [0.4, 0.5) is 11.4 Å². The number of carbonyl (C=O) groups excluding carboxylic acids is 1. The van der Waals surface area contributed by atoms with E-state index in [1.165, 1.54) is 6.07 Å². The summed E-state index contributed by atoms with van der Waals surface area (Å²) < 4.78 is 5.23. The van der Waals surface area contributed by atoms with E-state index in [9.17, 15) is 14.9 Å². The predicted octanol–water partition coefficient (Wildman–Crippen LogP) is 1.14. The number of hydrogen-bond donors (Lipinski definition) is 2. The second-order valence-electron chi connectivity index (χ2n) is 4.78. The van der Waals surface area contributed by atoms with Gasteiger partial charge in [-0.25, -0.2) is 0 Å². The van der Waals surface area contributed by atoms with Crippen molar-refractivity contribution in [3.8, 4) is 0 Å². The Hall–Kier alpha value is -1.99. The van der Waals surface area contributed by atoms with Gasteiger partial charge in [0.15, 0.2) is 0 Å². The molecule has 1 heterocycles. The number of aryl methyl sites for hydroxylation is 2. The summed E-state index contributed by atoms with van der Waals surface area (Å²) in [5, 5.41) is 16.7. The van der Waals surface area contributed by atoms with Gasteiger partial charge in [0.25, 0.3) is 5.69 Å². The molecule has 2 N–H and O–H groups in total. The van der Waals surface area contributed by atoms with Gasteiger partial charge in [0.05, 0.1) is 18.1 Å². The second kappa shape index (κ2) is 5.98. The Morgan fingerprint density at radius 3 is 2.80 bits per heavy atom. The summed E-state index contributed by atoms with van der Waals surface area (Å²) in [5.41, 5.74) is 1.82. The number of nitro groups is 1. The molecule has 1 aromatic rings. The van der Waals surface area contributed by atoms with Gasteiger partial charge in [-0.3, -0.25) is 14.9 Å². The van der Waals surface area contributed by atoms with Gasteiger partial charge >= 0.3 is 0 Å². The van der Waals surface area contributed by atoms with Crippen LogP contribution in [0, 0.1) is 24.0 Å². The Kier molecular flexibility index (Phi) is 4.31. The van der Waals surface area contributed by atoms with E-state index >= 15 is 0 Å². The van der Waals surface area contributed by atoms with Gasteiger partial charge in [0.1, 0.15) is 6.04 Å². The molecule has 1 aromatic carbocycles. The van der Waals surface area contributed by atoms with Crippen LogP contribution < -0.4 is 10.6 Å². The van der Waals surface area contributed by atoms with Gasteiger partial charge < -0.3 is 15.4 Å². The molecule has 1 amide bonds. The number of ether oxygens (including phenoxy) is 1. The molecule has 1 fully saturated rings. The van der Waals surface area contributed by atoms with Crippen molar-refractivity contribution in [2.24, 2.45) is 0 Å². The smallest absolute Gasteiger partial charge is 0.272 e. The summed E-state index contributed by atoms with van der Waals surface area (Å²) in [6.45, 7) is 4.94. The number of benzene rings is 1. The maximum atomic E-state index is 12.1. The highest BCUT2D eigenvalue weighted by Crippen LogP contribution is 2.26. The first-order chi connectivity index (χ1) is 9.49. The van der Waals surface area contributed by atoms with E-state index in [0.717, 1.165) is 0 Å². The summed E-state index contributed by atoms with van der Waals surface area (Å²) in [6, 6.07) is 2.70. The van der Waals surface area contributed by atoms with E-state index in [2.05, 4.69) is 10.6 Å². The van der Waals surface area contributed by atoms with Crippen LogP contribution in [0.5, 0.6) is 0 Å². The largest absolute Gasteiger partial charge is 0.378 e. The number of amides is 1. The zero-order chi connectivity index (χ0) is 14.7. The average molecular weight is 279 g/mol. The SMILES string of the molecule is Cc1cc([N+](=O)[O-])c(C)cc1NC(=O)C1COCCN1. The predicted molar refractivity (Wildman–Crippen MR) is 73.8 cm³/mol. The van der Waals surface area contributed by atoms with Crippen LogP contribution in [0.25, 0.3) is 0 Å². The standard InChI is InChI=1S/C13H17N3O4/c1-8-6-12(16(18)19)9(2)5-10(8)15-13(17)11-7-20-4-3-14-11/h5-6,11,14H,3-4,7H2,1-2H3,(H,15,17). The number of nitrogens with one attached hydrogen (secondary N) is 2. The molecule has 1 aliphatic heterocycles. The zero-order valence-electron chi connectivity index (χ0n) is 11.4. The van der Waals surface area contributed by atoms with Crippen molar-refractivity contribution in [3.63, 3.8) is 0 Å². The Morgan fingerprint density at radius 2 is 2.20 bits per heavy atom. The van der Waals surface area contributed by atoms with Crippen molar-refractivity contribution in [1.82, 2.24) is 5.32 Å². The van der Waals surface area contributed by atoms with Crippen LogP contribution in [0.2, 0.25) is 0 Å². The first-order valence-electron chi connectivity index (χ1n) is 6.36. The van der Waals surface area contributed by atoms with E-state index in [-0.39, 0.29) is 11.6 Å². The van der Waals surface area contributed by atoms with E-state index in [0.29, 0.717) is 36.6 Å². The minimum atomic E-state index is -0.426. The zero-order valence-corrected chi connectivity index (χ0v) is 11.4. The number of carbonyl (C=O) groups is 1. The van der Waals surface area contributed by atoms with Gasteiger partial charge in [-0.05, 0) is 25.5 Å². The van der Waals surface area contributed by atoms with Crippen molar-refractivity contribution < 1.29 is 14.5 Å². The van der Waals surface area contributed by atoms with Crippen molar-refractivity contribution in [1.29, 1.82) is 0 Å². The fourth-order valence-electron chi connectivity index (χ4n) is 2.09. The number of hydrogen-bond acceptors (Lipinski definition) is 5. The maximum absolute atomic E-state index is 12.1. The highest BCUT2D eigenvalue weighted by atomic mass is 16.6. The Morgan fingerprint density at radius 1 is 1.45 bits per heavy atom. The van der Waals surface area contributed by atoms with Crippen LogP contribution >= 0.6 is 0 Å². The number of anilines is 1. The molecular weight excluding hydrogens is 262 g/mol. The van der Waals surface area contributed by atoms with E-state index in [4.69, 9.17) is 4.74 Å². The average Bonchev–Trinajstić information content (AvgIpc) is 2.43. The van der Waals surface area contributed by atoms with Crippen LogP contribution in [0.15, 0.2) is 12.1 Å². The molecule has 2 rings (SSSR count). The molecule has 0 radical (unpaired) electrons. The van der Waals surface area contributed by atoms with Crippen molar-refractivity contribution in [2.45, 2.75) is 19.9 Å². The molecule has 0 aromatic heterocycles. The minimum Gasteiger partial charge on any atom is -0.378 e. The summed E-state index contributed by atoms with van der Waals surface area (Å²) >= 11 is 0. The molecular formula is C13H17N3O4. The van der Waals surface area contributed by atoms with Crippen molar-refractivity contribution in [2.75, 3.05) is 25.1 Å². The third kappa shape index (κ3) is 3.12. The van der Waals surface area contributed by atoms with E-state index in [1.54, 1.807) is 19.9 Å². The van der Waals surface area contributed by atoms with Gasteiger partial charge in [-0.1, -0.05) is 0 Å². The molecule has 1 saturated heterocycles. The topological polar surface area (TPSA) is 93.5 Å². The lowest BCUT2D eigenvalue weighted by Gasteiger charge is -2.23. The number of nitro benzene ring substituents is 1. The second-order valence-corrected chi connectivity index (χ2v) is 4.78. The lowest BCUT2D eigenvalue weighted by Crippen LogP contribution is -2.48. The molecule has 0 saturated carbocycles. The molecule has 7 nitrogen and oxygen atoms in total. The lowest BCUT2D eigenvalue weighted by atomic mass is 10.1. The maximum Gasteiger partial charge on any atom is 0.272 e. The van der Waals surface area contributed by atoms with Gasteiger partial charge in [0.2, 0.25) is 5.91 Å². The highest BCUT2D eigenvalue weighted by molar-refractivity contribution is 5.95. The lowest BCUT2D eigenvalue weighted by molar-refractivity contribution is -0.385. The number of nitrogens with zero attached hydrogens (tertiary/aromatic N) is 1. The first-order valence-corrected chi connectivity index (χ1v) is 6.36. The molecule has 1 atom stereocenters. The van der Waals surface area contributed by atoms with Gasteiger partial charge in [-0.15, -0.1) is 0 Å².